The van der Waals surface area contributed by atoms with Gasteiger partial charge in [-0.05, 0) is 17.8 Å². The summed E-state index contributed by atoms with van der Waals surface area (Å²) in [6, 6.07) is -1.22. The lowest BCUT2D eigenvalue weighted by molar-refractivity contribution is -0.137. The van der Waals surface area contributed by atoms with Crippen molar-refractivity contribution in [2.45, 2.75) is 85.2 Å². The van der Waals surface area contributed by atoms with Gasteiger partial charge in [0.1, 0.15) is 6.04 Å². The molecule has 0 aromatic rings. The van der Waals surface area contributed by atoms with E-state index < -0.39 is 48.0 Å². The second kappa shape index (κ2) is 15.1. The Hall–Kier alpha value is -1.64. The first-order valence-corrected chi connectivity index (χ1v) is 11.8. The maximum Gasteiger partial charge on any atom is 0.415 e. The SMILES string of the molecule is CC(C)(C)[C@@H]1NC(=O)OC1=O.CC(C)(C)[C@H](N)C(=O)N1CCC(F)(F)C1.CCO.FC1(F)CCNC1.S. The number of hydrogen-bond donors (Lipinski definition) is 4. The summed E-state index contributed by atoms with van der Waals surface area (Å²) in [5, 5.41) is 12.6. The maximum atomic E-state index is 12.9. The summed E-state index contributed by atoms with van der Waals surface area (Å²) in [7, 11) is 0. The Kier molecular flexibility index (Phi) is 15.3. The number of halogens is 4. The number of alkyl halides is 4. The van der Waals surface area contributed by atoms with Crippen LogP contribution >= 0.6 is 13.5 Å². The molecule has 0 aromatic carbocycles. The number of carbonyl (C=O) groups excluding carboxylic acids is 3. The minimum Gasteiger partial charge on any atom is -0.397 e. The van der Waals surface area contributed by atoms with E-state index in [0.717, 1.165) is 4.90 Å². The summed E-state index contributed by atoms with van der Waals surface area (Å²) in [6.45, 7) is 12.9. The van der Waals surface area contributed by atoms with Gasteiger partial charge >= 0.3 is 12.1 Å². The molecule has 0 bridgehead atoms. The van der Waals surface area contributed by atoms with Crippen molar-refractivity contribution in [1.29, 1.82) is 0 Å². The lowest BCUT2D eigenvalue weighted by Crippen LogP contribution is -2.50. The van der Waals surface area contributed by atoms with Crippen molar-refractivity contribution in [2.24, 2.45) is 16.6 Å². The Morgan fingerprint density at radius 1 is 1.14 bits per heavy atom. The number of nitrogens with one attached hydrogen (secondary N) is 2. The summed E-state index contributed by atoms with van der Waals surface area (Å²) >= 11 is 0. The number of hydrogen-bond acceptors (Lipinski definition) is 7. The van der Waals surface area contributed by atoms with Crippen molar-refractivity contribution < 1.29 is 41.8 Å². The highest BCUT2D eigenvalue weighted by Crippen LogP contribution is 2.29. The van der Waals surface area contributed by atoms with Crippen LogP contribution < -0.4 is 16.4 Å². The standard InChI is InChI=1S/C10H18F2N2O.C7H11NO3.C4H7F2N.C2H6O.H2S/c1-9(2,3)7(13)8(15)14-5-4-10(11,12)6-14;1-7(2,3)4-5(9)11-6(10)8-4;5-4(6)1-2-7-3-4;1-2-3;/h7H,4-6,13H2,1-3H3;4H,1-3H3,(H,8,10);7H,1-3H2;3H,2H2,1H3;1H2/t7-;4-;;;/m11.../s1. The number of nitrogens with zero attached hydrogens (tertiary/aromatic N) is 1. The monoisotopic (exact) mass is 564 g/mol. The average Bonchev–Trinajstić information content (AvgIpc) is 3.38. The van der Waals surface area contributed by atoms with Crippen molar-refractivity contribution in [3.05, 3.63) is 0 Å². The second-order valence-corrected chi connectivity index (χ2v) is 11.0. The van der Waals surface area contributed by atoms with E-state index in [0.29, 0.717) is 6.54 Å². The van der Waals surface area contributed by atoms with E-state index >= 15 is 0 Å². The largest absolute Gasteiger partial charge is 0.415 e. The average molecular weight is 565 g/mol. The molecule has 0 unspecified atom stereocenters. The molecule has 0 aromatic heterocycles. The van der Waals surface area contributed by atoms with E-state index in [1.54, 1.807) is 6.92 Å². The van der Waals surface area contributed by atoms with Crippen molar-refractivity contribution in [2.75, 3.05) is 32.8 Å². The van der Waals surface area contributed by atoms with Gasteiger partial charge in [-0.2, -0.15) is 13.5 Å². The molecule has 0 radical (unpaired) electrons. The van der Waals surface area contributed by atoms with Gasteiger partial charge in [-0.25, -0.2) is 27.2 Å². The van der Waals surface area contributed by atoms with Gasteiger partial charge in [-0.3, -0.25) is 4.79 Å². The molecule has 5 N–H and O–H groups in total. The lowest BCUT2D eigenvalue weighted by atomic mass is 9.86. The quantitative estimate of drug-likeness (QED) is 0.219. The first kappa shape index (κ1) is 37.5. The number of esters is 1. The van der Waals surface area contributed by atoms with Crippen LogP contribution in [0.25, 0.3) is 0 Å². The van der Waals surface area contributed by atoms with Gasteiger partial charge in [0.2, 0.25) is 5.91 Å². The Morgan fingerprint density at radius 2 is 1.65 bits per heavy atom. The van der Waals surface area contributed by atoms with E-state index in [4.69, 9.17) is 10.8 Å². The molecule has 0 aliphatic carbocycles. The van der Waals surface area contributed by atoms with Crippen LogP contribution in [0.3, 0.4) is 0 Å². The molecule has 2 amide bonds. The van der Waals surface area contributed by atoms with Crippen LogP contribution in [0.1, 0.15) is 61.3 Å². The third kappa shape index (κ3) is 14.2. The minimum atomic E-state index is -2.74. The van der Waals surface area contributed by atoms with Crippen LogP contribution in [-0.2, 0) is 14.3 Å². The second-order valence-electron chi connectivity index (χ2n) is 11.0. The smallest absolute Gasteiger partial charge is 0.397 e. The number of likely N-dealkylation sites (tertiary alicyclic amines) is 1. The van der Waals surface area contributed by atoms with Crippen LogP contribution in [0.2, 0.25) is 0 Å². The zero-order valence-corrected chi connectivity index (χ0v) is 23.7. The topological polar surface area (TPSA) is 134 Å². The Bertz CT molecular complexity index is 738. The molecule has 9 nitrogen and oxygen atoms in total. The van der Waals surface area contributed by atoms with Crippen molar-refractivity contribution in [3.8, 4) is 0 Å². The maximum absolute atomic E-state index is 12.9. The van der Waals surface area contributed by atoms with Gasteiger partial charge in [0, 0.05) is 32.5 Å². The normalized spacial score (nSPS) is 22.5. The number of cyclic esters (lactones) is 2. The van der Waals surface area contributed by atoms with Crippen LogP contribution in [-0.4, -0.2) is 84.7 Å². The molecular formula is C23H44F4N4O5S. The minimum absolute atomic E-state index is 0. The van der Waals surface area contributed by atoms with Crippen LogP contribution in [0.4, 0.5) is 22.4 Å². The summed E-state index contributed by atoms with van der Waals surface area (Å²) in [5.74, 6) is -6.02. The highest BCUT2D eigenvalue weighted by Gasteiger charge is 2.43. The molecule has 37 heavy (non-hydrogen) atoms. The number of carbonyl (C=O) groups is 3. The van der Waals surface area contributed by atoms with Gasteiger partial charge < -0.3 is 31.1 Å². The highest BCUT2D eigenvalue weighted by molar-refractivity contribution is 7.59. The number of aliphatic hydroxyl groups excluding tert-OH is 1. The van der Waals surface area contributed by atoms with Gasteiger partial charge in [0.25, 0.3) is 11.8 Å². The van der Waals surface area contributed by atoms with Gasteiger partial charge in [-0.15, -0.1) is 0 Å². The van der Waals surface area contributed by atoms with E-state index in [2.05, 4.69) is 15.4 Å². The zero-order chi connectivity index (χ0) is 28.5. The Morgan fingerprint density at radius 3 is 1.86 bits per heavy atom. The van der Waals surface area contributed by atoms with E-state index in [-0.39, 0.29) is 57.4 Å². The number of nitrogens with two attached hydrogens (primary N) is 1. The summed E-state index contributed by atoms with van der Waals surface area (Å²) in [4.78, 5) is 34.4. The summed E-state index contributed by atoms with van der Waals surface area (Å²) in [5.41, 5.74) is 5.06. The predicted molar refractivity (Wildman–Crippen MR) is 137 cm³/mol. The molecular weight excluding hydrogens is 520 g/mol. The predicted octanol–water partition coefficient (Wildman–Crippen LogP) is 2.62. The van der Waals surface area contributed by atoms with Gasteiger partial charge in [-0.1, -0.05) is 41.5 Å². The number of aliphatic hydroxyl groups is 1. The molecule has 3 heterocycles. The number of rotatable bonds is 1. The van der Waals surface area contributed by atoms with E-state index in [1.807, 2.05) is 41.5 Å². The molecule has 220 valence electrons. The van der Waals surface area contributed by atoms with Gasteiger partial charge in [0.15, 0.2) is 0 Å². The molecule has 14 heteroatoms. The molecule has 3 saturated heterocycles. The fourth-order valence-electron chi connectivity index (χ4n) is 3.05. The van der Waals surface area contributed by atoms with E-state index in [9.17, 15) is 31.9 Å². The number of amides is 2. The number of alkyl carbamates (subject to hydrolysis) is 1. The highest BCUT2D eigenvalue weighted by atomic mass is 32.1. The Balaban J connectivity index is 0. The molecule has 0 saturated carbocycles. The molecule has 0 spiro atoms. The summed E-state index contributed by atoms with van der Waals surface area (Å²) in [6.07, 6.45) is -0.891. The molecule has 3 fully saturated rings. The van der Waals surface area contributed by atoms with Crippen molar-refractivity contribution in [3.63, 3.8) is 0 Å². The first-order valence-electron chi connectivity index (χ1n) is 11.8. The fourth-order valence-corrected chi connectivity index (χ4v) is 3.05. The fraction of sp³-hybridized carbons (Fsp3) is 0.870. The molecule has 3 aliphatic rings. The third-order valence-corrected chi connectivity index (χ3v) is 5.29. The molecule has 2 atom stereocenters. The molecule has 3 aliphatic heterocycles. The van der Waals surface area contributed by atoms with Crippen LogP contribution in [0, 0.1) is 10.8 Å². The van der Waals surface area contributed by atoms with E-state index in [1.165, 1.54) is 0 Å². The van der Waals surface area contributed by atoms with Crippen molar-refractivity contribution in [1.82, 2.24) is 15.5 Å². The van der Waals surface area contributed by atoms with Crippen molar-refractivity contribution >= 4 is 31.5 Å². The van der Waals surface area contributed by atoms with Crippen LogP contribution in [0.15, 0.2) is 0 Å². The number of ether oxygens (including phenoxy) is 1. The molecule has 3 rings (SSSR count). The third-order valence-electron chi connectivity index (χ3n) is 5.29. The lowest BCUT2D eigenvalue weighted by Gasteiger charge is -2.29. The first-order chi connectivity index (χ1) is 16.2. The Labute approximate surface area is 223 Å². The zero-order valence-electron chi connectivity index (χ0n) is 22.7. The van der Waals surface area contributed by atoms with Gasteiger partial charge in [0.05, 0.1) is 19.1 Å². The van der Waals surface area contributed by atoms with Crippen LogP contribution in [0.5, 0.6) is 0 Å². The summed E-state index contributed by atoms with van der Waals surface area (Å²) < 4.78 is 53.8.